The van der Waals surface area contributed by atoms with Gasteiger partial charge in [-0.1, -0.05) is 30.8 Å². The van der Waals surface area contributed by atoms with Gasteiger partial charge in [-0.3, -0.25) is 14.2 Å². The highest BCUT2D eigenvalue weighted by atomic mass is 32.2. The Morgan fingerprint density at radius 3 is 2.88 bits per heavy atom. The molecule has 0 bridgehead atoms. The maximum Gasteiger partial charge on any atom is 0.267 e. The van der Waals surface area contributed by atoms with E-state index in [1.165, 1.54) is 27.3 Å². The van der Waals surface area contributed by atoms with Crippen molar-refractivity contribution in [2.24, 2.45) is 5.92 Å². The second kappa shape index (κ2) is 8.96. The third-order valence-corrected chi connectivity index (χ3v) is 8.15. The zero-order valence-corrected chi connectivity index (χ0v) is 19.4. The van der Waals surface area contributed by atoms with Crippen LogP contribution in [0.3, 0.4) is 0 Å². The second-order valence-electron chi connectivity index (χ2n) is 8.30. The highest BCUT2D eigenvalue weighted by Crippen LogP contribution is 2.37. The number of aromatic nitrogens is 2. The van der Waals surface area contributed by atoms with Crippen molar-refractivity contribution in [1.82, 2.24) is 14.5 Å². The Hall–Kier alpha value is -2.23. The summed E-state index contributed by atoms with van der Waals surface area (Å²) in [5.74, 6) is 0.181. The number of ether oxygens (including phenoxy) is 1. The number of thioether (sulfide) groups is 1. The molecule has 5 rings (SSSR count). The van der Waals surface area contributed by atoms with Crippen molar-refractivity contribution >= 4 is 39.2 Å². The van der Waals surface area contributed by atoms with Gasteiger partial charge in [-0.05, 0) is 42.9 Å². The van der Waals surface area contributed by atoms with Crippen LogP contribution in [-0.2, 0) is 22.4 Å². The number of thiophene rings is 1. The van der Waals surface area contributed by atoms with E-state index in [1.54, 1.807) is 34.4 Å². The number of fused-ring (bicyclic) bond motifs is 3. The topological polar surface area (TPSA) is 64.4 Å². The summed E-state index contributed by atoms with van der Waals surface area (Å²) < 4.78 is 21.4. The Labute approximate surface area is 193 Å². The first-order valence-electron chi connectivity index (χ1n) is 10.8. The summed E-state index contributed by atoms with van der Waals surface area (Å²) in [6.07, 6.45) is 2.81. The molecule has 2 aliphatic rings. The van der Waals surface area contributed by atoms with E-state index in [1.807, 2.05) is 0 Å². The summed E-state index contributed by atoms with van der Waals surface area (Å²) in [7, 11) is 0. The maximum atomic E-state index is 14.8. The number of hydrogen-bond acceptors (Lipinski definition) is 6. The molecule has 1 aromatic carbocycles. The molecule has 1 aliphatic heterocycles. The number of benzene rings is 1. The van der Waals surface area contributed by atoms with Crippen LogP contribution in [0.5, 0.6) is 0 Å². The van der Waals surface area contributed by atoms with Gasteiger partial charge in [0.2, 0.25) is 5.91 Å². The average molecular weight is 474 g/mol. The lowest BCUT2D eigenvalue weighted by Gasteiger charge is -2.26. The van der Waals surface area contributed by atoms with Gasteiger partial charge in [0.15, 0.2) is 5.16 Å². The van der Waals surface area contributed by atoms with Crippen LogP contribution in [0.25, 0.3) is 15.9 Å². The first-order valence-corrected chi connectivity index (χ1v) is 12.6. The molecular formula is C23H24FN3O3S2. The van der Waals surface area contributed by atoms with Gasteiger partial charge in [-0.2, -0.15) is 0 Å². The van der Waals surface area contributed by atoms with Crippen LogP contribution in [0, 0.1) is 11.7 Å². The lowest BCUT2D eigenvalue weighted by molar-refractivity contribution is -0.132. The van der Waals surface area contributed by atoms with Gasteiger partial charge in [-0.25, -0.2) is 9.37 Å². The smallest absolute Gasteiger partial charge is 0.267 e. The SMILES string of the molecule is C[C@@H]1CCc2c(sc3nc(SCC(=O)N4CCOCC4)n(-c4ccccc4F)c(=O)c23)C1. The molecule has 0 N–H and O–H groups in total. The Balaban J connectivity index is 1.59. The van der Waals surface area contributed by atoms with E-state index in [9.17, 15) is 14.0 Å². The molecule has 9 heteroatoms. The predicted octanol–water partition coefficient (Wildman–Crippen LogP) is 3.66. The number of rotatable bonds is 4. The van der Waals surface area contributed by atoms with Crippen LogP contribution in [0.15, 0.2) is 34.2 Å². The Morgan fingerprint density at radius 2 is 2.09 bits per heavy atom. The summed E-state index contributed by atoms with van der Waals surface area (Å²) in [6.45, 7) is 4.39. The number of aryl methyl sites for hydroxylation is 1. The summed E-state index contributed by atoms with van der Waals surface area (Å²) in [4.78, 5) is 34.8. The van der Waals surface area contributed by atoms with Gasteiger partial charge in [0, 0.05) is 18.0 Å². The van der Waals surface area contributed by atoms with Crippen molar-refractivity contribution in [1.29, 1.82) is 0 Å². The van der Waals surface area contributed by atoms with Crippen molar-refractivity contribution in [3.8, 4) is 5.69 Å². The Bertz CT molecular complexity index is 1230. The van der Waals surface area contributed by atoms with E-state index >= 15 is 0 Å². The van der Waals surface area contributed by atoms with Gasteiger partial charge in [0.1, 0.15) is 10.6 Å². The first-order chi connectivity index (χ1) is 15.5. The minimum Gasteiger partial charge on any atom is -0.378 e. The molecule has 1 atom stereocenters. The fraction of sp³-hybridized carbons (Fsp3) is 0.435. The largest absolute Gasteiger partial charge is 0.378 e. The standard InChI is InChI=1S/C23H24FN3O3S2/c1-14-6-7-15-18(12-14)32-21-20(15)22(29)27(17-5-3-2-4-16(17)24)23(25-21)31-13-19(28)26-8-10-30-11-9-26/h2-5,14H,6-13H2,1H3/t14-/m1/s1. The van der Waals surface area contributed by atoms with Gasteiger partial charge in [0.25, 0.3) is 5.56 Å². The van der Waals surface area contributed by atoms with E-state index < -0.39 is 5.82 Å². The number of amides is 1. The number of halogens is 1. The molecule has 1 saturated heterocycles. The lowest BCUT2D eigenvalue weighted by Crippen LogP contribution is -2.41. The van der Waals surface area contributed by atoms with E-state index in [-0.39, 0.29) is 22.9 Å². The van der Waals surface area contributed by atoms with Gasteiger partial charge in [-0.15, -0.1) is 11.3 Å². The van der Waals surface area contributed by atoms with E-state index in [4.69, 9.17) is 9.72 Å². The van der Waals surface area contributed by atoms with Crippen LogP contribution in [-0.4, -0.2) is 52.4 Å². The normalized spacial score (nSPS) is 18.7. The molecule has 168 valence electrons. The van der Waals surface area contributed by atoms with E-state index in [2.05, 4.69) is 6.92 Å². The Morgan fingerprint density at radius 1 is 1.31 bits per heavy atom. The molecule has 0 spiro atoms. The van der Waals surface area contributed by atoms with Crippen LogP contribution >= 0.6 is 23.1 Å². The minimum absolute atomic E-state index is 0.0352. The second-order valence-corrected chi connectivity index (χ2v) is 10.3. The minimum atomic E-state index is -0.491. The van der Waals surface area contributed by atoms with Gasteiger partial charge in [0.05, 0.1) is 30.0 Å². The van der Waals surface area contributed by atoms with Crippen molar-refractivity contribution < 1.29 is 13.9 Å². The van der Waals surface area contributed by atoms with Crippen molar-refractivity contribution in [3.63, 3.8) is 0 Å². The van der Waals surface area contributed by atoms with E-state index in [0.717, 1.165) is 24.8 Å². The lowest BCUT2D eigenvalue weighted by atomic mass is 9.89. The molecular weight excluding hydrogens is 449 g/mol. The van der Waals surface area contributed by atoms with Gasteiger partial charge < -0.3 is 9.64 Å². The summed E-state index contributed by atoms with van der Waals surface area (Å²) in [5.41, 5.74) is 0.970. The van der Waals surface area contributed by atoms with Crippen molar-refractivity contribution in [3.05, 3.63) is 50.9 Å². The molecule has 1 amide bonds. The zero-order chi connectivity index (χ0) is 22.2. The summed E-state index contributed by atoms with van der Waals surface area (Å²) >= 11 is 2.75. The first kappa shape index (κ1) is 21.6. The molecule has 0 unspecified atom stereocenters. The summed E-state index contributed by atoms with van der Waals surface area (Å²) in [5, 5.41) is 0.949. The third kappa shape index (κ3) is 3.97. The van der Waals surface area contributed by atoms with E-state index in [0.29, 0.717) is 47.6 Å². The highest BCUT2D eigenvalue weighted by Gasteiger charge is 2.26. The number of morpholine rings is 1. The van der Waals surface area contributed by atoms with Crippen molar-refractivity contribution in [2.75, 3.05) is 32.1 Å². The number of carbonyl (C=O) groups excluding carboxylic acids is 1. The molecule has 0 saturated carbocycles. The molecule has 3 aromatic rings. The van der Waals surface area contributed by atoms with Gasteiger partial charge >= 0.3 is 0 Å². The third-order valence-electron chi connectivity index (χ3n) is 6.08. The quantitative estimate of drug-likeness (QED) is 0.427. The van der Waals surface area contributed by atoms with Crippen LogP contribution in [0.4, 0.5) is 4.39 Å². The number of hydrogen-bond donors (Lipinski definition) is 0. The zero-order valence-electron chi connectivity index (χ0n) is 17.8. The maximum absolute atomic E-state index is 14.8. The monoisotopic (exact) mass is 473 g/mol. The highest BCUT2D eigenvalue weighted by molar-refractivity contribution is 7.99. The van der Waals surface area contributed by atoms with Crippen molar-refractivity contribution in [2.45, 2.75) is 31.3 Å². The molecule has 32 heavy (non-hydrogen) atoms. The number of para-hydroxylation sites is 1. The van der Waals surface area contributed by atoms with Crippen LogP contribution in [0.1, 0.15) is 23.8 Å². The average Bonchev–Trinajstić information content (AvgIpc) is 3.16. The van der Waals surface area contributed by atoms with Crippen LogP contribution < -0.4 is 5.56 Å². The molecule has 1 fully saturated rings. The number of carbonyl (C=O) groups is 1. The predicted molar refractivity (Wildman–Crippen MR) is 124 cm³/mol. The fourth-order valence-corrected chi connectivity index (χ4v) is 6.68. The molecule has 3 heterocycles. The molecule has 6 nitrogen and oxygen atoms in total. The fourth-order valence-electron chi connectivity index (χ4n) is 4.34. The molecule has 1 aliphatic carbocycles. The Kier molecular flexibility index (Phi) is 6.05. The molecule has 0 radical (unpaired) electrons. The number of nitrogens with zero attached hydrogens (tertiary/aromatic N) is 3. The summed E-state index contributed by atoms with van der Waals surface area (Å²) in [6, 6.07) is 6.22. The van der Waals surface area contributed by atoms with Crippen LogP contribution in [0.2, 0.25) is 0 Å². The molecule has 2 aromatic heterocycles.